The monoisotopic (exact) mass is 274 g/mol. The third-order valence-electron chi connectivity index (χ3n) is 3.09. The van der Waals surface area contributed by atoms with Crippen LogP contribution in [0.15, 0.2) is 28.9 Å². The van der Waals surface area contributed by atoms with Crippen LogP contribution in [-0.2, 0) is 6.54 Å². The maximum Gasteiger partial charge on any atom is 0.315 e. The molecular formula is C14H18N4O2. The largest absolute Gasteiger partial charge is 0.361 e. The van der Waals surface area contributed by atoms with E-state index in [1.807, 2.05) is 39.0 Å². The van der Waals surface area contributed by atoms with E-state index in [4.69, 9.17) is 4.52 Å². The van der Waals surface area contributed by atoms with Crippen molar-refractivity contribution in [2.45, 2.75) is 33.4 Å². The molecule has 0 aliphatic rings. The number of nitrogens with zero attached hydrogens (tertiary/aromatic N) is 2. The highest BCUT2D eigenvalue weighted by Gasteiger charge is 2.12. The van der Waals surface area contributed by atoms with Crippen LogP contribution < -0.4 is 10.6 Å². The first-order chi connectivity index (χ1) is 9.58. The Morgan fingerprint density at radius 2 is 2.20 bits per heavy atom. The van der Waals surface area contributed by atoms with Crippen LogP contribution in [0.1, 0.15) is 35.7 Å². The van der Waals surface area contributed by atoms with Crippen molar-refractivity contribution in [1.29, 1.82) is 0 Å². The molecule has 0 saturated carbocycles. The zero-order chi connectivity index (χ0) is 14.5. The van der Waals surface area contributed by atoms with Crippen molar-refractivity contribution in [2.24, 2.45) is 0 Å². The number of hydrogen-bond donors (Lipinski definition) is 2. The van der Waals surface area contributed by atoms with Gasteiger partial charge in [0.1, 0.15) is 5.76 Å². The summed E-state index contributed by atoms with van der Waals surface area (Å²) in [6, 6.07) is 5.21. The molecule has 0 radical (unpaired) electrons. The van der Waals surface area contributed by atoms with Gasteiger partial charge in [0.15, 0.2) is 0 Å². The van der Waals surface area contributed by atoms with E-state index in [0.29, 0.717) is 6.54 Å². The highest BCUT2D eigenvalue weighted by molar-refractivity contribution is 5.74. The molecule has 20 heavy (non-hydrogen) atoms. The van der Waals surface area contributed by atoms with Gasteiger partial charge < -0.3 is 15.2 Å². The van der Waals surface area contributed by atoms with E-state index in [9.17, 15) is 4.79 Å². The van der Waals surface area contributed by atoms with Gasteiger partial charge in [-0.15, -0.1) is 0 Å². The minimum Gasteiger partial charge on any atom is -0.361 e. The lowest BCUT2D eigenvalue weighted by atomic mass is 10.2. The van der Waals surface area contributed by atoms with Crippen molar-refractivity contribution in [3.8, 4) is 0 Å². The first-order valence-electron chi connectivity index (χ1n) is 6.45. The average Bonchev–Trinajstić information content (AvgIpc) is 2.77. The fraction of sp³-hybridized carbons (Fsp3) is 0.357. The number of pyridine rings is 1. The summed E-state index contributed by atoms with van der Waals surface area (Å²) in [6.07, 6.45) is 1.70. The number of aryl methyl sites for hydroxylation is 2. The summed E-state index contributed by atoms with van der Waals surface area (Å²) >= 11 is 0. The molecule has 2 amide bonds. The van der Waals surface area contributed by atoms with Crippen LogP contribution in [0.3, 0.4) is 0 Å². The van der Waals surface area contributed by atoms with Crippen LogP contribution in [-0.4, -0.2) is 16.2 Å². The molecule has 2 rings (SSSR count). The zero-order valence-electron chi connectivity index (χ0n) is 11.8. The number of hydrogen-bond acceptors (Lipinski definition) is 4. The summed E-state index contributed by atoms with van der Waals surface area (Å²) in [5.41, 5.74) is 2.52. The summed E-state index contributed by atoms with van der Waals surface area (Å²) in [5.74, 6) is 0.723. The molecule has 0 saturated heterocycles. The minimum atomic E-state index is -0.247. The summed E-state index contributed by atoms with van der Waals surface area (Å²) in [4.78, 5) is 16.0. The molecule has 0 aliphatic carbocycles. The number of carbonyl (C=O) groups is 1. The molecule has 2 aromatic rings. The fourth-order valence-electron chi connectivity index (χ4n) is 1.88. The average molecular weight is 274 g/mol. The van der Waals surface area contributed by atoms with E-state index < -0.39 is 0 Å². The van der Waals surface area contributed by atoms with Gasteiger partial charge in [-0.1, -0.05) is 11.2 Å². The second kappa shape index (κ2) is 6.18. The Morgan fingerprint density at radius 1 is 1.40 bits per heavy atom. The van der Waals surface area contributed by atoms with E-state index in [2.05, 4.69) is 20.8 Å². The van der Waals surface area contributed by atoms with Gasteiger partial charge in [0, 0.05) is 18.3 Å². The molecule has 0 spiro atoms. The standard InChI is InChI=1S/C14H18N4O2/c1-9-12(11(3)20-18-9)8-16-14(19)17-10(2)13-6-4-5-7-15-13/h4-7,10H,8H2,1-3H3,(H2,16,17,19)/t10-/m1/s1. The molecule has 1 atom stereocenters. The highest BCUT2D eigenvalue weighted by Crippen LogP contribution is 2.11. The second-order valence-electron chi connectivity index (χ2n) is 4.61. The van der Waals surface area contributed by atoms with Gasteiger partial charge in [-0.25, -0.2) is 4.79 Å². The molecule has 2 aromatic heterocycles. The highest BCUT2D eigenvalue weighted by atomic mass is 16.5. The van der Waals surface area contributed by atoms with Gasteiger partial charge in [-0.3, -0.25) is 4.98 Å². The first-order valence-corrected chi connectivity index (χ1v) is 6.45. The molecular weight excluding hydrogens is 256 g/mol. The Morgan fingerprint density at radius 3 is 2.80 bits per heavy atom. The normalized spacial score (nSPS) is 11.9. The molecule has 0 fully saturated rings. The third-order valence-corrected chi connectivity index (χ3v) is 3.09. The predicted molar refractivity (Wildman–Crippen MR) is 74.0 cm³/mol. The molecule has 6 nitrogen and oxygen atoms in total. The van der Waals surface area contributed by atoms with Crippen LogP contribution in [0.25, 0.3) is 0 Å². The topological polar surface area (TPSA) is 80.0 Å². The van der Waals surface area contributed by atoms with Gasteiger partial charge in [-0.2, -0.15) is 0 Å². The fourth-order valence-corrected chi connectivity index (χ4v) is 1.88. The van der Waals surface area contributed by atoms with Crippen molar-refractivity contribution in [3.63, 3.8) is 0 Å². The number of nitrogens with one attached hydrogen (secondary N) is 2. The van der Waals surface area contributed by atoms with E-state index in [1.54, 1.807) is 6.20 Å². The van der Waals surface area contributed by atoms with Crippen molar-refractivity contribution < 1.29 is 9.32 Å². The lowest BCUT2D eigenvalue weighted by molar-refractivity contribution is 0.237. The van der Waals surface area contributed by atoms with Gasteiger partial charge in [-0.05, 0) is 32.9 Å². The minimum absolute atomic E-state index is 0.152. The van der Waals surface area contributed by atoms with Gasteiger partial charge >= 0.3 is 6.03 Å². The van der Waals surface area contributed by atoms with Crippen LogP contribution in [0.4, 0.5) is 4.79 Å². The molecule has 0 aromatic carbocycles. The third kappa shape index (κ3) is 3.34. The quantitative estimate of drug-likeness (QED) is 0.896. The van der Waals surface area contributed by atoms with E-state index in [1.165, 1.54) is 0 Å². The molecule has 2 heterocycles. The van der Waals surface area contributed by atoms with Gasteiger partial charge in [0.05, 0.1) is 17.4 Å². The summed E-state index contributed by atoms with van der Waals surface area (Å²) < 4.78 is 5.05. The number of carbonyl (C=O) groups excluding carboxylic acids is 1. The zero-order valence-corrected chi connectivity index (χ0v) is 11.8. The van der Waals surface area contributed by atoms with Crippen molar-refractivity contribution in [3.05, 3.63) is 47.1 Å². The van der Waals surface area contributed by atoms with Crippen LogP contribution >= 0.6 is 0 Å². The summed E-state index contributed by atoms with van der Waals surface area (Å²) in [6.45, 7) is 5.95. The first kappa shape index (κ1) is 14.0. The Balaban J connectivity index is 1.87. The number of urea groups is 1. The van der Waals surface area contributed by atoms with Crippen molar-refractivity contribution in [2.75, 3.05) is 0 Å². The Bertz CT molecular complexity index is 561. The van der Waals surface area contributed by atoms with E-state index in [-0.39, 0.29) is 12.1 Å². The maximum atomic E-state index is 11.8. The molecule has 0 bridgehead atoms. The Hall–Kier alpha value is -2.37. The molecule has 0 aliphatic heterocycles. The maximum absolute atomic E-state index is 11.8. The Kier molecular flexibility index (Phi) is 4.34. The molecule has 2 N–H and O–H groups in total. The van der Waals surface area contributed by atoms with Crippen LogP contribution in [0, 0.1) is 13.8 Å². The van der Waals surface area contributed by atoms with Crippen LogP contribution in [0.5, 0.6) is 0 Å². The smallest absolute Gasteiger partial charge is 0.315 e. The molecule has 106 valence electrons. The number of rotatable bonds is 4. The van der Waals surface area contributed by atoms with Crippen molar-refractivity contribution >= 4 is 6.03 Å². The lowest BCUT2D eigenvalue weighted by Crippen LogP contribution is -2.37. The SMILES string of the molecule is Cc1noc(C)c1CNC(=O)N[C@H](C)c1ccccn1. The number of amides is 2. The molecule has 0 unspecified atom stereocenters. The number of aromatic nitrogens is 2. The summed E-state index contributed by atoms with van der Waals surface area (Å²) in [5, 5.41) is 9.47. The van der Waals surface area contributed by atoms with Crippen LogP contribution in [0.2, 0.25) is 0 Å². The van der Waals surface area contributed by atoms with E-state index in [0.717, 1.165) is 22.7 Å². The second-order valence-corrected chi connectivity index (χ2v) is 4.61. The Labute approximate surface area is 117 Å². The van der Waals surface area contributed by atoms with Crippen molar-refractivity contribution in [1.82, 2.24) is 20.8 Å². The predicted octanol–water partition coefficient (Wildman–Crippen LogP) is 2.25. The van der Waals surface area contributed by atoms with Gasteiger partial charge in [0.25, 0.3) is 0 Å². The van der Waals surface area contributed by atoms with Gasteiger partial charge in [0.2, 0.25) is 0 Å². The molecule has 6 heteroatoms. The lowest BCUT2D eigenvalue weighted by Gasteiger charge is -2.14. The van der Waals surface area contributed by atoms with E-state index >= 15 is 0 Å². The summed E-state index contributed by atoms with van der Waals surface area (Å²) in [7, 11) is 0.